The number of rotatable bonds is 3. The number of ether oxygens (including phenoxy) is 3. The van der Waals surface area contributed by atoms with E-state index in [0.29, 0.717) is 12.7 Å². The van der Waals surface area contributed by atoms with Crippen LogP contribution in [-0.2, 0) is 4.74 Å². The minimum atomic E-state index is -0.104. The van der Waals surface area contributed by atoms with Gasteiger partial charge in [-0.15, -0.1) is 0 Å². The van der Waals surface area contributed by atoms with Crippen LogP contribution in [0.1, 0.15) is 38.9 Å². The summed E-state index contributed by atoms with van der Waals surface area (Å²) < 4.78 is 17.2. The van der Waals surface area contributed by atoms with Crippen LogP contribution in [0.15, 0.2) is 18.2 Å². The van der Waals surface area contributed by atoms with Crippen LogP contribution in [0, 0.1) is 5.92 Å². The van der Waals surface area contributed by atoms with Crippen molar-refractivity contribution in [3.05, 3.63) is 23.8 Å². The first kappa shape index (κ1) is 13.7. The zero-order valence-electron chi connectivity index (χ0n) is 12.4. The Morgan fingerprint density at radius 1 is 1.30 bits per heavy atom. The molecule has 0 spiro atoms. The smallest absolute Gasteiger partial charge is 0.231 e. The average Bonchev–Trinajstić information content (AvgIpc) is 2.84. The molecule has 20 heavy (non-hydrogen) atoms. The Morgan fingerprint density at radius 2 is 2.10 bits per heavy atom. The summed E-state index contributed by atoms with van der Waals surface area (Å²) >= 11 is 0. The lowest BCUT2D eigenvalue weighted by Crippen LogP contribution is -2.49. The van der Waals surface area contributed by atoms with Gasteiger partial charge in [0.1, 0.15) is 0 Å². The van der Waals surface area contributed by atoms with Crippen LogP contribution in [0.3, 0.4) is 0 Å². The third kappa shape index (κ3) is 2.76. The number of benzene rings is 1. The molecule has 3 rings (SSSR count). The average molecular weight is 277 g/mol. The fourth-order valence-electron chi connectivity index (χ4n) is 3.18. The Kier molecular flexibility index (Phi) is 3.61. The summed E-state index contributed by atoms with van der Waals surface area (Å²) in [4.78, 5) is 0. The summed E-state index contributed by atoms with van der Waals surface area (Å²) in [5, 5.41) is 3.50. The van der Waals surface area contributed by atoms with Crippen LogP contribution in [0.4, 0.5) is 0 Å². The van der Waals surface area contributed by atoms with Crippen LogP contribution in [-0.4, -0.2) is 25.5 Å². The zero-order chi connectivity index (χ0) is 14.2. The van der Waals surface area contributed by atoms with E-state index < -0.39 is 0 Å². The molecule has 2 unspecified atom stereocenters. The molecular weight excluding hydrogens is 254 g/mol. The summed E-state index contributed by atoms with van der Waals surface area (Å²) in [6.45, 7) is 8.73. The normalized spacial score (nSPS) is 28.9. The second-order valence-electron chi connectivity index (χ2n) is 6.40. The lowest BCUT2D eigenvalue weighted by atomic mass is 9.91. The molecule has 1 N–H and O–H groups in total. The van der Waals surface area contributed by atoms with Gasteiger partial charge in [-0.3, -0.25) is 0 Å². The molecule has 1 saturated heterocycles. The number of hydrogen-bond donors (Lipinski definition) is 1. The summed E-state index contributed by atoms with van der Waals surface area (Å²) in [7, 11) is 0. The van der Waals surface area contributed by atoms with Gasteiger partial charge >= 0.3 is 0 Å². The largest absolute Gasteiger partial charge is 0.454 e. The SMILES string of the molecule is CC(C)CC1(C)CNCC(c2ccc3c(c2)OCO3)O1. The van der Waals surface area contributed by atoms with E-state index in [0.717, 1.165) is 36.6 Å². The molecule has 4 heteroatoms. The van der Waals surface area contributed by atoms with E-state index >= 15 is 0 Å². The van der Waals surface area contributed by atoms with E-state index in [1.165, 1.54) is 0 Å². The molecule has 4 nitrogen and oxygen atoms in total. The van der Waals surface area contributed by atoms with Crippen molar-refractivity contribution in [3.8, 4) is 11.5 Å². The van der Waals surface area contributed by atoms with Gasteiger partial charge in [0.05, 0.1) is 11.7 Å². The van der Waals surface area contributed by atoms with Crippen LogP contribution < -0.4 is 14.8 Å². The number of hydrogen-bond acceptors (Lipinski definition) is 4. The molecular formula is C16H23NO3. The van der Waals surface area contributed by atoms with Crippen molar-refractivity contribution in [2.45, 2.75) is 38.9 Å². The van der Waals surface area contributed by atoms with E-state index in [1.807, 2.05) is 12.1 Å². The van der Waals surface area contributed by atoms with Crippen molar-refractivity contribution >= 4 is 0 Å². The minimum absolute atomic E-state index is 0.0713. The van der Waals surface area contributed by atoms with E-state index in [4.69, 9.17) is 14.2 Å². The first-order valence-corrected chi connectivity index (χ1v) is 7.34. The lowest BCUT2D eigenvalue weighted by molar-refractivity contribution is -0.117. The molecule has 0 aromatic heterocycles. The van der Waals surface area contributed by atoms with Crippen molar-refractivity contribution < 1.29 is 14.2 Å². The molecule has 0 saturated carbocycles. The highest BCUT2D eigenvalue weighted by atomic mass is 16.7. The molecule has 1 aromatic carbocycles. The third-order valence-corrected chi connectivity index (χ3v) is 3.86. The van der Waals surface area contributed by atoms with Gasteiger partial charge in [-0.05, 0) is 37.0 Å². The van der Waals surface area contributed by atoms with Crippen molar-refractivity contribution in [1.29, 1.82) is 0 Å². The van der Waals surface area contributed by atoms with E-state index in [2.05, 4.69) is 32.2 Å². The zero-order valence-corrected chi connectivity index (χ0v) is 12.4. The Bertz CT molecular complexity index is 489. The van der Waals surface area contributed by atoms with E-state index in [-0.39, 0.29) is 11.7 Å². The Morgan fingerprint density at radius 3 is 2.90 bits per heavy atom. The predicted octanol–water partition coefficient (Wildman–Crippen LogP) is 2.88. The Balaban J connectivity index is 1.76. The predicted molar refractivity (Wildman–Crippen MR) is 77.1 cm³/mol. The van der Waals surface area contributed by atoms with Crippen LogP contribution >= 0.6 is 0 Å². The highest BCUT2D eigenvalue weighted by molar-refractivity contribution is 5.45. The van der Waals surface area contributed by atoms with Gasteiger partial charge in [0.15, 0.2) is 11.5 Å². The number of morpholine rings is 1. The van der Waals surface area contributed by atoms with Gasteiger partial charge in [0.25, 0.3) is 0 Å². The van der Waals surface area contributed by atoms with Crippen LogP contribution in [0.25, 0.3) is 0 Å². The fourth-order valence-corrected chi connectivity index (χ4v) is 3.18. The van der Waals surface area contributed by atoms with Crippen molar-refractivity contribution in [2.75, 3.05) is 19.9 Å². The first-order valence-electron chi connectivity index (χ1n) is 7.34. The third-order valence-electron chi connectivity index (χ3n) is 3.86. The maximum atomic E-state index is 6.37. The topological polar surface area (TPSA) is 39.7 Å². The maximum Gasteiger partial charge on any atom is 0.231 e. The van der Waals surface area contributed by atoms with Gasteiger partial charge in [-0.25, -0.2) is 0 Å². The first-order chi connectivity index (χ1) is 9.56. The summed E-state index contributed by atoms with van der Waals surface area (Å²) in [6.07, 6.45) is 1.13. The second kappa shape index (κ2) is 5.26. The minimum Gasteiger partial charge on any atom is -0.454 e. The fraction of sp³-hybridized carbons (Fsp3) is 0.625. The molecule has 2 aliphatic rings. The Hall–Kier alpha value is -1.26. The molecule has 0 amide bonds. The molecule has 1 fully saturated rings. The molecule has 0 bridgehead atoms. The Labute approximate surface area is 120 Å². The van der Waals surface area contributed by atoms with E-state index in [9.17, 15) is 0 Å². The van der Waals surface area contributed by atoms with Gasteiger partial charge in [-0.1, -0.05) is 19.9 Å². The number of fused-ring (bicyclic) bond motifs is 1. The quantitative estimate of drug-likeness (QED) is 0.922. The standard InChI is InChI=1S/C16H23NO3/c1-11(2)7-16(3)9-17-8-15(20-16)12-4-5-13-14(6-12)19-10-18-13/h4-6,11,15,17H,7-10H2,1-3H3. The van der Waals surface area contributed by atoms with Gasteiger partial charge in [0.2, 0.25) is 6.79 Å². The molecule has 2 aliphatic heterocycles. The summed E-state index contributed by atoms with van der Waals surface area (Å²) in [5.41, 5.74) is 1.05. The molecule has 0 aliphatic carbocycles. The van der Waals surface area contributed by atoms with Crippen molar-refractivity contribution in [1.82, 2.24) is 5.32 Å². The molecule has 2 heterocycles. The van der Waals surface area contributed by atoms with Crippen molar-refractivity contribution in [2.24, 2.45) is 5.92 Å². The molecule has 1 aromatic rings. The summed E-state index contributed by atoms with van der Waals surface area (Å²) in [5.74, 6) is 2.27. The van der Waals surface area contributed by atoms with Crippen LogP contribution in [0.5, 0.6) is 11.5 Å². The van der Waals surface area contributed by atoms with Crippen molar-refractivity contribution in [3.63, 3.8) is 0 Å². The number of nitrogens with one attached hydrogen (secondary N) is 1. The van der Waals surface area contributed by atoms with Gasteiger partial charge in [0, 0.05) is 13.1 Å². The highest BCUT2D eigenvalue weighted by Gasteiger charge is 2.34. The molecule has 0 radical (unpaired) electrons. The lowest BCUT2D eigenvalue weighted by Gasteiger charge is -2.40. The molecule has 110 valence electrons. The summed E-state index contributed by atoms with van der Waals surface area (Å²) in [6, 6.07) is 6.08. The van der Waals surface area contributed by atoms with Gasteiger partial charge < -0.3 is 19.5 Å². The second-order valence-corrected chi connectivity index (χ2v) is 6.40. The van der Waals surface area contributed by atoms with Crippen LogP contribution in [0.2, 0.25) is 0 Å². The highest BCUT2D eigenvalue weighted by Crippen LogP contribution is 2.37. The molecule has 2 atom stereocenters. The van der Waals surface area contributed by atoms with Gasteiger partial charge in [-0.2, -0.15) is 0 Å². The van der Waals surface area contributed by atoms with E-state index in [1.54, 1.807) is 0 Å². The monoisotopic (exact) mass is 277 g/mol. The maximum absolute atomic E-state index is 6.37.